The van der Waals surface area contributed by atoms with E-state index in [0.29, 0.717) is 5.82 Å². The van der Waals surface area contributed by atoms with Gasteiger partial charge >= 0.3 is 0 Å². The molecule has 5 heteroatoms. The number of hydrogen-bond donors (Lipinski definition) is 1. The maximum absolute atomic E-state index is 9.29. The Labute approximate surface area is 122 Å². The summed E-state index contributed by atoms with van der Waals surface area (Å²) in [6, 6.07) is 14.6. The van der Waals surface area contributed by atoms with E-state index in [2.05, 4.69) is 20.4 Å². The van der Waals surface area contributed by atoms with Crippen LogP contribution in [-0.2, 0) is 0 Å². The van der Waals surface area contributed by atoms with Crippen LogP contribution in [0.3, 0.4) is 0 Å². The highest BCUT2D eigenvalue weighted by Crippen LogP contribution is 2.25. The van der Waals surface area contributed by atoms with Crippen molar-refractivity contribution in [3.63, 3.8) is 0 Å². The van der Waals surface area contributed by atoms with E-state index in [-0.39, 0.29) is 11.8 Å². The molecule has 1 N–H and O–H groups in total. The minimum absolute atomic E-state index is 0.119. The Morgan fingerprint density at radius 1 is 1.05 bits per heavy atom. The zero-order valence-electron chi connectivity index (χ0n) is 11.5. The Morgan fingerprint density at radius 2 is 1.81 bits per heavy atom. The van der Waals surface area contributed by atoms with Crippen LogP contribution in [0, 0.1) is 0 Å². The summed E-state index contributed by atoms with van der Waals surface area (Å²) in [7, 11) is 0. The lowest BCUT2D eigenvalue weighted by molar-refractivity contribution is 0.475. The second-order valence-corrected chi connectivity index (χ2v) is 4.74. The molecule has 2 aromatic carbocycles. The topological polar surface area (TPSA) is 70.7 Å². The van der Waals surface area contributed by atoms with Crippen LogP contribution in [0.5, 0.6) is 5.75 Å². The molecule has 1 aromatic heterocycles. The van der Waals surface area contributed by atoms with Crippen molar-refractivity contribution in [1.82, 2.24) is 10.2 Å². The molecule has 0 amide bonds. The molecule has 0 fully saturated rings. The number of rotatable bonds is 3. The molecule has 21 heavy (non-hydrogen) atoms. The molecule has 0 saturated carbocycles. The summed E-state index contributed by atoms with van der Waals surface area (Å²) in [5, 5.41) is 27.7. The van der Waals surface area contributed by atoms with Gasteiger partial charge in [0, 0.05) is 10.8 Å². The SMILES string of the molecule is CC(N=Nc1nncc2ccccc12)c1ccc(O)cc1. The van der Waals surface area contributed by atoms with Crippen molar-refractivity contribution in [2.45, 2.75) is 13.0 Å². The third-order valence-corrected chi connectivity index (χ3v) is 3.25. The predicted molar refractivity (Wildman–Crippen MR) is 80.6 cm³/mol. The molecule has 1 heterocycles. The lowest BCUT2D eigenvalue weighted by Gasteiger charge is -2.05. The molecule has 0 radical (unpaired) electrons. The Morgan fingerprint density at radius 3 is 2.62 bits per heavy atom. The van der Waals surface area contributed by atoms with E-state index < -0.39 is 0 Å². The van der Waals surface area contributed by atoms with E-state index >= 15 is 0 Å². The smallest absolute Gasteiger partial charge is 0.203 e. The molecule has 104 valence electrons. The number of phenols is 1. The summed E-state index contributed by atoms with van der Waals surface area (Å²) in [4.78, 5) is 0. The minimum atomic E-state index is -0.119. The molecule has 3 rings (SSSR count). The average Bonchev–Trinajstić information content (AvgIpc) is 2.53. The lowest BCUT2D eigenvalue weighted by atomic mass is 10.1. The van der Waals surface area contributed by atoms with Gasteiger partial charge in [0.2, 0.25) is 5.82 Å². The highest BCUT2D eigenvalue weighted by atomic mass is 16.3. The molecule has 1 atom stereocenters. The number of hydrogen-bond acceptors (Lipinski definition) is 5. The van der Waals surface area contributed by atoms with E-state index in [4.69, 9.17) is 0 Å². The third kappa shape index (κ3) is 2.86. The van der Waals surface area contributed by atoms with Crippen molar-refractivity contribution in [3.8, 4) is 5.75 Å². The third-order valence-electron chi connectivity index (χ3n) is 3.25. The van der Waals surface area contributed by atoms with Gasteiger partial charge in [-0.05, 0) is 24.6 Å². The lowest BCUT2D eigenvalue weighted by Crippen LogP contribution is -1.88. The van der Waals surface area contributed by atoms with Crippen LogP contribution in [0.4, 0.5) is 5.82 Å². The summed E-state index contributed by atoms with van der Waals surface area (Å²) in [5.74, 6) is 0.751. The van der Waals surface area contributed by atoms with Crippen molar-refractivity contribution < 1.29 is 5.11 Å². The van der Waals surface area contributed by atoms with Crippen LogP contribution in [0.1, 0.15) is 18.5 Å². The van der Waals surface area contributed by atoms with Gasteiger partial charge in [-0.2, -0.15) is 10.2 Å². The first kappa shape index (κ1) is 13.2. The van der Waals surface area contributed by atoms with Crippen LogP contribution in [0.2, 0.25) is 0 Å². The Hall–Kier alpha value is -2.82. The Kier molecular flexibility index (Phi) is 3.55. The van der Waals surface area contributed by atoms with Gasteiger partial charge in [0.1, 0.15) is 5.75 Å². The van der Waals surface area contributed by atoms with Crippen molar-refractivity contribution in [1.29, 1.82) is 0 Å². The van der Waals surface area contributed by atoms with E-state index in [0.717, 1.165) is 16.3 Å². The molecule has 0 saturated heterocycles. The normalized spacial score (nSPS) is 12.8. The first-order valence-corrected chi connectivity index (χ1v) is 6.64. The zero-order chi connectivity index (χ0) is 14.7. The van der Waals surface area contributed by atoms with Gasteiger partial charge in [-0.15, -0.1) is 10.2 Å². The Balaban J connectivity index is 1.89. The van der Waals surface area contributed by atoms with E-state index in [9.17, 15) is 5.11 Å². The molecular weight excluding hydrogens is 264 g/mol. The average molecular weight is 278 g/mol. The number of aromatic hydroxyl groups is 1. The van der Waals surface area contributed by atoms with Gasteiger partial charge in [0.05, 0.1) is 12.2 Å². The quantitative estimate of drug-likeness (QED) is 0.730. The predicted octanol–water partition coefficient (Wildman–Crippen LogP) is 4.18. The monoisotopic (exact) mass is 278 g/mol. The number of phenolic OH excluding ortho intramolecular Hbond substituents is 1. The van der Waals surface area contributed by atoms with Crippen molar-refractivity contribution >= 4 is 16.6 Å². The number of nitrogens with zero attached hydrogens (tertiary/aromatic N) is 4. The van der Waals surface area contributed by atoms with Gasteiger partial charge in [0.25, 0.3) is 0 Å². The summed E-state index contributed by atoms with van der Waals surface area (Å²) in [6.07, 6.45) is 1.71. The van der Waals surface area contributed by atoms with Crippen LogP contribution in [-0.4, -0.2) is 15.3 Å². The van der Waals surface area contributed by atoms with Gasteiger partial charge in [0.15, 0.2) is 0 Å². The number of azo groups is 1. The van der Waals surface area contributed by atoms with Gasteiger partial charge in [-0.3, -0.25) is 0 Å². The van der Waals surface area contributed by atoms with Gasteiger partial charge in [-0.1, -0.05) is 36.4 Å². The highest BCUT2D eigenvalue weighted by Gasteiger charge is 2.05. The molecule has 0 bridgehead atoms. The van der Waals surface area contributed by atoms with Gasteiger partial charge in [-0.25, -0.2) is 0 Å². The minimum Gasteiger partial charge on any atom is -0.508 e. The second kappa shape index (κ2) is 5.66. The zero-order valence-corrected chi connectivity index (χ0v) is 11.5. The fourth-order valence-corrected chi connectivity index (χ4v) is 2.05. The first-order chi connectivity index (χ1) is 10.2. The molecule has 0 aliphatic carbocycles. The van der Waals surface area contributed by atoms with Crippen molar-refractivity contribution in [2.24, 2.45) is 10.2 Å². The van der Waals surface area contributed by atoms with Crippen LogP contribution >= 0.6 is 0 Å². The molecule has 0 aliphatic rings. The van der Waals surface area contributed by atoms with Gasteiger partial charge < -0.3 is 5.11 Å². The van der Waals surface area contributed by atoms with E-state index in [1.807, 2.05) is 43.3 Å². The van der Waals surface area contributed by atoms with E-state index in [1.165, 1.54) is 0 Å². The molecule has 0 aliphatic heterocycles. The van der Waals surface area contributed by atoms with Crippen LogP contribution < -0.4 is 0 Å². The van der Waals surface area contributed by atoms with Crippen LogP contribution in [0.25, 0.3) is 10.8 Å². The fourth-order valence-electron chi connectivity index (χ4n) is 2.05. The number of fused-ring (bicyclic) bond motifs is 1. The molecule has 5 nitrogen and oxygen atoms in total. The highest BCUT2D eigenvalue weighted by molar-refractivity contribution is 5.89. The van der Waals surface area contributed by atoms with Crippen molar-refractivity contribution in [3.05, 3.63) is 60.3 Å². The maximum atomic E-state index is 9.29. The largest absolute Gasteiger partial charge is 0.508 e. The molecular formula is C16H14N4O. The summed E-state index contributed by atoms with van der Waals surface area (Å²) >= 11 is 0. The van der Waals surface area contributed by atoms with E-state index in [1.54, 1.807) is 18.3 Å². The number of benzene rings is 2. The molecule has 3 aromatic rings. The van der Waals surface area contributed by atoms with Crippen LogP contribution in [0.15, 0.2) is 65.0 Å². The number of aromatic nitrogens is 2. The summed E-state index contributed by atoms with van der Waals surface area (Å²) in [5.41, 5.74) is 0.977. The first-order valence-electron chi connectivity index (χ1n) is 6.64. The Bertz CT molecular complexity index is 778. The standard InChI is InChI=1S/C16H14N4O/c1-11(12-6-8-14(21)9-7-12)18-20-16-15-5-3-2-4-13(15)10-17-19-16/h2-11,21H,1H3. The maximum Gasteiger partial charge on any atom is 0.203 e. The fraction of sp³-hybridized carbons (Fsp3) is 0.125. The molecule has 1 unspecified atom stereocenters. The molecule has 0 spiro atoms. The summed E-state index contributed by atoms with van der Waals surface area (Å²) in [6.45, 7) is 1.94. The van der Waals surface area contributed by atoms with Crippen molar-refractivity contribution in [2.75, 3.05) is 0 Å². The second-order valence-electron chi connectivity index (χ2n) is 4.74. The summed E-state index contributed by atoms with van der Waals surface area (Å²) < 4.78 is 0.